The molecular weight excluding hydrogens is 453 g/mol. The molecule has 1 aliphatic carbocycles. The van der Waals surface area contributed by atoms with Crippen molar-refractivity contribution in [2.24, 2.45) is 11.0 Å². The van der Waals surface area contributed by atoms with Gasteiger partial charge in [0.1, 0.15) is 23.9 Å². The first-order valence-corrected chi connectivity index (χ1v) is 11.6. The maximum absolute atomic E-state index is 14.6. The van der Waals surface area contributed by atoms with Crippen LogP contribution < -0.4 is 9.47 Å². The average molecular weight is 484 g/mol. The summed E-state index contributed by atoms with van der Waals surface area (Å²) in [6.45, 7) is 0.487. The van der Waals surface area contributed by atoms with Gasteiger partial charge in [0.2, 0.25) is 5.91 Å². The highest BCUT2D eigenvalue weighted by Crippen LogP contribution is 2.40. The first kappa shape index (κ1) is 24.7. The van der Waals surface area contributed by atoms with Crippen LogP contribution in [0, 0.1) is 11.7 Å². The van der Waals surface area contributed by atoms with Gasteiger partial charge in [-0.25, -0.2) is 9.40 Å². The van der Waals surface area contributed by atoms with E-state index in [-0.39, 0.29) is 30.7 Å². The predicted octanol–water partition coefficient (Wildman–Crippen LogP) is 3.41. The van der Waals surface area contributed by atoms with Crippen LogP contribution in [-0.4, -0.2) is 68.5 Å². The molecule has 1 aliphatic heterocycles. The standard InChI is InChI=1S/C26H30FN3O5/c1-33-13-12-29(26(32)17-8-9-17)16-25(31)30-23(20-14-18(34-2)10-11-24(20)35-3)15-22(28-30)19-6-4-5-7-21(19)27/h4-7,10-11,14,17,23H,8-9,12-13,15-16H2,1-3H3/t23-/m1/s1. The average Bonchev–Trinajstić information content (AvgIpc) is 3.64. The normalized spacial score (nSPS) is 17.2. The highest BCUT2D eigenvalue weighted by atomic mass is 19.1. The molecule has 2 aliphatic rings. The van der Waals surface area contributed by atoms with Gasteiger partial charge in [-0.15, -0.1) is 0 Å². The van der Waals surface area contributed by atoms with E-state index in [4.69, 9.17) is 14.2 Å². The first-order valence-electron chi connectivity index (χ1n) is 11.6. The van der Waals surface area contributed by atoms with Crippen LogP contribution in [-0.2, 0) is 14.3 Å². The topological polar surface area (TPSA) is 80.7 Å². The highest BCUT2D eigenvalue weighted by molar-refractivity contribution is 6.03. The lowest BCUT2D eigenvalue weighted by molar-refractivity contribution is -0.142. The number of hydrogen-bond donors (Lipinski definition) is 0. The van der Waals surface area contributed by atoms with E-state index in [1.807, 2.05) is 0 Å². The Morgan fingerprint density at radius 1 is 1.11 bits per heavy atom. The molecule has 1 saturated carbocycles. The molecule has 2 aromatic rings. The van der Waals surface area contributed by atoms with Crippen LogP contribution in [0.1, 0.15) is 36.4 Å². The van der Waals surface area contributed by atoms with Crippen LogP contribution in [0.4, 0.5) is 4.39 Å². The zero-order chi connectivity index (χ0) is 24.9. The van der Waals surface area contributed by atoms with Gasteiger partial charge in [-0.05, 0) is 37.1 Å². The molecule has 4 rings (SSSR count). The van der Waals surface area contributed by atoms with Gasteiger partial charge in [0, 0.05) is 37.1 Å². The lowest BCUT2D eigenvalue weighted by Crippen LogP contribution is -2.43. The number of carbonyl (C=O) groups is 2. The van der Waals surface area contributed by atoms with E-state index in [0.717, 1.165) is 12.8 Å². The Balaban J connectivity index is 1.68. The molecule has 0 bridgehead atoms. The largest absolute Gasteiger partial charge is 0.497 e. The summed E-state index contributed by atoms with van der Waals surface area (Å²) in [5.74, 6) is 0.286. The molecule has 8 nitrogen and oxygen atoms in total. The zero-order valence-electron chi connectivity index (χ0n) is 20.2. The van der Waals surface area contributed by atoms with E-state index in [1.54, 1.807) is 57.7 Å². The summed E-state index contributed by atoms with van der Waals surface area (Å²) in [6.07, 6.45) is 1.95. The highest BCUT2D eigenvalue weighted by Gasteiger charge is 2.39. The van der Waals surface area contributed by atoms with Crippen LogP contribution >= 0.6 is 0 Å². The van der Waals surface area contributed by atoms with Crippen LogP contribution in [0.5, 0.6) is 11.5 Å². The maximum Gasteiger partial charge on any atom is 0.262 e. The predicted molar refractivity (Wildman–Crippen MR) is 128 cm³/mol. The van der Waals surface area contributed by atoms with Crippen molar-refractivity contribution in [2.75, 3.05) is 41.0 Å². The fourth-order valence-corrected chi connectivity index (χ4v) is 4.23. The van der Waals surface area contributed by atoms with Crippen LogP contribution in [0.2, 0.25) is 0 Å². The van der Waals surface area contributed by atoms with E-state index in [0.29, 0.717) is 41.5 Å². The van der Waals surface area contributed by atoms with Gasteiger partial charge in [0.05, 0.1) is 32.6 Å². The minimum absolute atomic E-state index is 0.0370. The lowest BCUT2D eigenvalue weighted by atomic mass is 9.97. The molecule has 0 unspecified atom stereocenters. The number of ether oxygens (including phenoxy) is 3. The molecule has 1 fully saturated rings. The second kappa shape index (κ2) is 10.9. The summed E-state index contributed by atoms with van der Waals surface area (Å²) in [5.41, 5.74) is 1.47. The number of hydrogen-bond acceptors (Lipinski definition) is 6. The number of carbonyl (C=O) groups excluding carboxylic acids is 2. The summed E-state index contributed by atoms with van der Waals surface area (Å²) in [6, 6.07) is 11.1. The molecule has 0 N–H and O–H groups in total. The van der Waals surface area contributed by atoms with Crippen molar-refractivity contribution in [3.8, 4) is 11.5 Å². The fraction of sp³-hybridized carbons (Fsp3) is 0.423. The van der Waals surface area contributed by atoms with Crippen molar-refractivity contribution in [1.29, 1.82) is 0 Å². The maximum atomic E-state index is 14.6. The summed E-state index contributed by atoms with van der Waals surface area (Å²) in [7, 11) is 4.66. The van der Waals surface area contributed by atoms with E-state index in [9.17, 15) is 14.0 Å². The van der Waals surface area contributed by atoms with Gasteiger partial charge in [-0.2, -0.15) is 5.10 Å². The third kappa shape index (κ3) is 5.45. The van der Waals surface area contributed by atoms with Crippen molar-refractivity contribution in [2.45, 2.75) is 25.3 Å². The van der Waals surface area contributed by atoms with E-state index >= 15 is 0 Å². The zero-order valence-corrected chi connectivity index (χ0v) is 20.2. The van der Waals surface area contributed by atoms with Crippen molar-refractivity contribution in [3.05, 3.63) is 59.4 Å². The monoisotopic (exact) mass is 483 g/mol. The third-order valence-electron chi connectivity index (χ3n) is 6.28. The number of benzene rings is 2. The smallest absolute Gasteiger partial charge is 0.262 e. The van der Waals surface area contributed by atoms with E-state index in [1.165, 1.54) is 16.0 Å². The molecule has 35 heavy (non-hydrogen) atoms. The van der Waals surface area contributed by atoms with Crippen LogP contribution in [0.15, 0.2) is 47.6 Å². The molecule has 0 spiro atoms. The van der Waals surface area contributed by atoms with Gasteiger partial charge in [0.25, 0.3) is 5.91 Å². The minimum Gasteiger partial charge on any atom is -0.497 e. The summed E-state index contributed by atoms with van der Waals surface area (Å²) < 4.78 is 30.7. The van der Waals surface area contributed by atoms with Crippen molar-refractivity contribution in [1.82, 2.24) is 9.91 Å². The second-order valence-electron chi connectivity index (χ2n) is 8.62. The molecule has 0 saturated heterocycles. The molecule has 0 radical (unpaired) electrons. The number of nitrogens with zero attached hydrogens (tertiary/aromatic N) is 3. The number of rotatable bonds is 10. The molecule has 1 atom stereocenters. The molecule has 2 aromatic carbocycles. The van der Waals surface area contributed by atoms with Gasteiger partial charge in [-0.1, -0.05) is 18.2 Å². The Hall–Kier alpha value is -3.46. The molecule has 9 heteroatoms. The van der Waals surface area contributed by atoms with Crippen molar-refractivity contribution in [3.63, 3.8) is 0 Å². The number of amides is 2. The summed E-state index contributed by atoms with van der Waals surface area (Å²) in [5, 5.41) is 5.90. The Morgan fingerprint density at radius 2 is 1.89 bits per heavy atom. The van der Waals surface area contributed by atoms with Crippen molar-refractivity contribution < 1.29 is 28.2 Å². The van der Waals surface area contributed by atoms with Crippen LogP contribution in [0.3, 0.4) is 0 Å². The fourth-order valence-electron chi connectivity index (χ4n) is 4.23. The number of hydrazone groups is 1. The molecule has 186 valence electrons. The summed E-state index contributed by atoms with van der Waals surface area (Å²) in [4.78, 5) is 27.9. The lowest BCUT2D eigenvalue weighted by Gasteiger charge is -2.27. The Kier molecular flexibility index (Phi) is 7.65. The molecule has 1 heterocycles. The quantitative estimate of drug-likeness (QED) is 0.518. The van der Waals surface area contributed by atoms with Gasteiger partial charge >= 0.3 is 0 Å². The van der Waals surface area contributed by atoms with E-state index < -0.39 is 11.9 Å². The van der Waals surface area contributed by atoms with E-state index in [2.05, 4.69) is 5.10 Å². The first-order chi connectivity index (χ1) is 17.0. The Morgan fingerprint density at radius 3 is 2.54 bits per heavy atom. The Bertz CT molecular complexity index is 1120. The number of methoxy groups -OCH3 is 3. The van der Waals surface area contributed by atoms with Gasteiger partial charge in [0.15, 0.2) is 0 Å². The molecule has 0 aromatic heterocycles. The van der Waals surface area contributed by atoms with Crippen LogP contribution in [0.25, 0.3) is 0 Å². The van der Waals surface area contributed by atoms with Gasteiger partial charge < -0.3 is 19.1 Å². The summed E-state index contributed by atoms with van der Waals surface area (Å²) >= 11 is 0. The minimum atomic E-state index is -0.553. The van der Waals surface area contributed by atoms with Crippen molar-refractivity contribution >= 4 is 17.5 Å². The molecular formula is C26H30FN3O5. The Labute approximate surface area is 204 Å². The third-order valence-corrected chi connectivity index (χ3v) is 6.28. The SMILES string of the molecule is COCCN(CC(=O)N1N=C(c2ccccc2F)C[C@@H]1c1cc(OC)ccc1OC)C(=O)C1CC1. The second-order valence-corrected chi connectivity index (χ2v) is 8.62. The number of halogens is 1. The van der Waals surface area contributed by atoms with Gasteiger partial charge in [-0.3, -0.25) is 9.59 Å². The molecule has 2 amide bonds.